The first-order valence-corrected chi connectivity index (χ1v) is 8.10. The van der Waals surface area contributed by atoms with Crippen molar-refractivity contribution >= 4 is 5.69 Å². The minimum Gasteiger partial charge on any atom is -0.495 e. The van der Waals surface area contributed by atoms with E-state index in [0.29, 0.717) is 6.54 Å². The van der Waals surface area contributed by atoms with E-state index in [1.165, 1.54) is 5.56 Å². The van der Waals surface area contributed by atoms with Crippen molar-refractivity contribution in [2.45, 2.75) is 25.1 Å². The second kappa shape index (κ2) is 7.49. The molecule has 1 fully saturated rings. The lowest BCUT2D eigenvalue weighted by Gasteiger charge is -2.37. The topological polar surface area (TPSA) is 44.7 Å². The summed E-state index contributed by atoms with van der Waals surface area (Å²) in [5.74, 6) is 0.811. The first-order valence-electron chi connectivity index (χ1n) is 8.10. The molecule has 4 heteroatoms. The number of nitrogens with zero attached hydrogens (tertiary/aromatic N) is 1. The number of hydrogen-bond donors (Lipinski definition) is 2. The minimum atomic E-state index is -0.391. The number of anilines is 1. The summed E-state index contributed by atoms with van der Waals surface area (Å²) < 4.78 is 5.37. The lowest BCUT2D eigenvalue weighted by Crippen LogP contribution is -2.49. The largest absolute Gasteiger partial charge is 0.495 e. The van der Waals surface area contributed by atoms with Crippen molar-refractivity contribution in [2.75, 3.05) is 25.5 Å². The fraction of sp³-hybridized carbons (Fsp3) is 0.368. The van der Waals surface area contributed by atoms with E-state index in [0.717, 1.165) is 30.9 Å². The first kappa shape index (κ1) is 15.8. The summed E-state index contributed by atoms with van der Waals surface area (Å²) in [6.07, 6.45) is 0.517. The summed E-state index contributed by atoms with van der Waals surface area (Å²) in [6, 6.07) is 18.3. The predicted molar refractivity (Wildman–Crippen MR) is 92.7 cm³/mol. The van der Waals surface area contributed by atoms with E-state index in [-0.39, 0.29) is 6.04 Å². The van der Waals surface area contributed by atoms with Crippen molar-refractivity contribution < 1.29 is 9.84 Å². The van der Waals surface area contributed by atoms with Crippen LogP contribution in [-0.4, -0.2) is 42.4 Å². The molecule has 3 rings (SSSR count). The summed E-state index contributed by atoms with van der Waals surface area (Å²) in [7, 11) is 1.67. The number of hydrogen-bond acceptors (Lipinski definition) is 4. The van der Waals surface area contributed by atoms with Crippen molar-refractivity contribution in [3.05, 3.63) is 60.2 Å². The van der Waals surface area contributed by atoms with E-state index in [9.17, 15) is 5.11 Å². The number of aliphatic hydroxyl groups excluding tert-OH is 1. The van der Waals surface area contributed by atoms with Gasteiger partial charge in [-0.15, -0.1) is 0 Å². The first-order chi connectivity index (χ1) is 11.3. The number of likely N-dealkylation sites (tertiary alicyclic amines) is 1. The Balaban J connectivity index is 1.58. The number of piperidine rings is 1. The molecule has 0 spiro atoms. The molecule has 0 bridgehead atoms. The molecule has 23 heavy (non-hydrogen) atoms. The van der Waals surface area contributed by atoms with Gasteiger partial charge in [-0.05, 0) is 24.1 Å². The van der Waals surface area contributed by atoms with Crippen molar-refractivity contribution in [3.63, 3.8) is 0 Å². The number of rotatable bonds is 5. The zero-order valence-corrected chi connectivity index (χ0v) is 13.5. The highest BCUT2D eigenvalue weighted by atomic mass is 16.5. The molecule has 2 N–H and O–H groups in total. The lowest BCUT2D eigenvalue weighted by atomic mass is 10.0. The molecule has 1 heterocycles. The number of ether oxygens (including phenoxy) is 1. The van der Waals surface area contributed by atoms with Crippen LogP contribution >= 0.6 is 0 Å². The molecule has 2 atom stereocenters. The molecule has 1 saturated heterocycles. The maximum atomic E-state index is 10.5. The second-order valence-corrected chi connectivity index (χ2v) is 6.03. The smallest absolute Gasteiger partial charge is 0.141 e. The Morgan fingerprint density at radius 2 is 1.87 bits per heavy atom. The van der Waals surface area contributed by atoms with Gasteiger partial charge < -0.3 is 15.2 Å². The maximum Gasteiger partial charge on any atom is 0.141 e. The van der Waals surface area contributed by atoms with Crippen molar-refractivity contribution in [1.82, 2.24) is 4.90 Å². The summed E-state index contributed by atoms with van der Waals surface area (Å²) in [6.45, 7) is 2.54. The number of methoxy groups -OCH3 is 1. The highest BCUT2D eigenvalue weighted by Gasteiger charge is 2.28. The second-order valence-electron chi connectivity index (χ2n) is 6.03. The van der Waals surface area contributed by atoms with Crippen LogP contribution < -0.4 is 10.1 Å². The van der Waals surface area contributed by atoms with Gasteiger partial charge in [-0.3, -0.25) is 4.90 Å². The monoisotopic (exact) mass is 312 g/mol. The van der Waals surface area contributed by atoms with Crippen LogP contribution in [0.15, 0.2) is 54.6 Å². The fourth-order valence-electron chi connectivity index (χ4n) is 3.11. The normalized spacial score (nSPS) is 21.8. The zero-order valence-electron chi connectivity index (χ0n) is 13.5. The lowest BCUT2D eigenvalue weighted by molar-refractivity contribution is 0.0561. The Labute approximate surface area is 137 Å². The molecule has 0 saturated carbocycles. The third-order valence-electron chi connectivity index (χ3n) is 4.36. The number of nitrogens with one attached hydrogen (secondary N) is 1. The van der Waals surface area contributed by atoms with Gasteiger partial charge in [0.1, 0.15) is 5.75 Å². The quantitative estimate of drug-likeness (QED) is 0.891. The third-order valence-corrected chi connectivity index (χ3v) is 4.36. The van der Waals surface area contributed by atoms with Crippen LogP contribution in [0.1, 0.15) is 12.0 Å². The minimum absolute atomic E-state index is 0.0540. The fourth-order valence-corrected chi connectivity index (χ4v) is 3.11. The molecule has 2 unspecified atom stereocenters. The molecule has 0 radical (unpaired) electrons. The molecule has 122 valence electrons. The van der Waals surface area contributed by atoms with E-state index in [2.05, 4.69) is 34.5 Å². The Morgan fingerprint density at radius 3 is 2.61 bits per heavy atom. The molecule has 4 nitrogen and oxygen atoms in total. The molecule has 2 aromatic carbocycles. The highest BCUT2D eigenvalue weighted by molar-refractivity contribution is 5.56. The molecule has 2 aromatic rings. The summed E-state index contributed by atoms with van der Waals surface area (Å²) in [5.41, 5.74) is 2.23. The van der Waals surface area contributed by atoms with Crippen LogP contribution in [0.3, 0.4) is 0 Å². The number of β-amino-alcohol motifs (C(OH)–C–C–N with tert-alkyl or cyclic N) is 1. The predicted octanol–water partition coefficient (Wildman–Crippen LogP) is 2.74. The van der Waals surface area contributed by atoms with Crippen LogP contribution in [-0.2, 0) is 6.54 Å². The maximum absolute atomic E-state index is 10.5. The van der Waals surface area contributed by atoms with E-state index in [1.807, 2.05) is 30.3 Å². The Bertz CT molecular complexity index is 618. The highest BCUT2D eigenvalue weighted by Crippen LogP contribution is 2.26. The summed E-state index contributed by atoms with van der Waals surface area (Å²) in [5, 5.41) is 13.9. The van der Waals surface area contributed by atoms with Crippen LogP contribution in [0.25, 0.3) is 0 Å². The summed E-state index contributed by atoms with van der Waals surface area (Å²) in [4.78, 5) is 2.31. The molecule has 0 aliphatic carbocycles. The van der Waals surface area contributed by atoms with Gasteiger partial charge in [0, 0.05) is 19.6 Å². The molecule has 0 aromatic heterocycles. The third kappa shape index (κ3) is 4.03. The Kier molecular flexibility index (Phi) is 5.16. The van der Waals surface area contributed by atoms with Crippen LogP contribution in [0.2, 0.25) is 0 Å². The number of para-hydroxylation sites is 2. The van der Waals surface area contributed by atoms with Gasteiger partial charge in [0.2, 0.25) is 0 Å². The van der Waals surface area contributed by atoms with Crippen molar-refractivity contribution in [1.29, 1.82) is 0 Å². The molecule has 0 amide bonds. The van der Waals surface area contributed by atoms with Crippen LogP contribution in [0, 0.1) is 0 Å². The average molecular weight is 312 g/mol. The van der Waals surface area contributed by atoms with Crippen molar-refractivity contribution in [2.24, 2.45) is 0 Å². The van der Waals surface area contributed by atoms with Gasteiger partial charge in [0.25, 0.3) is 0 Å². The zero-order chi connectivity index (χ0) is 16.1. The van der Waals surface area contributed by atoms with Gasteiger partial charge >= 0.3 is 0 Å². The van der Waals surface area contributed by atoms with Gasteiger partial charge in [0.05, 0.1) is 24.9 Å². The number of aliphatic hydroxyl groups is 1. The van der Waals surface area contributed by atoms with E-state index >= 15 is 0 Å². The number of benzene rings is 2. The van der Waals surface area contributed by atoms with Crippen molar-refractivity contribution in [3.8, 4) is 5.75 Å². The molecular formula is C19H24N2O2. The van der Waals surface area contributed by atoms with E-state index in [1.54, 1.807) is 7.11 Å². The van der Waals surface area contributed by atoms with Gasteiger partial charge in [-0.1, -0.05) is 42.5 Å². The van der Waals surface area contributed by atoms with Gasteiger partial charge in [0.15, 0.2) is 0 Å². The Hall–Kier alpha value is -2.04. The average Bonchev–Trinajstić information content (AvgIpc) is 2.59. The molecule has 1 aliphatic heterocycles. The Morgan fingerprint density at radius 1 is 1.13 bits per heavy atom. The van der Waals surface area contributed by atoms with Crippen LogP contribution in [0.4, 0.5) is 5.69 Å². The van der Waals surface area contributed by atoms with E-state index in [4.69, 9.17) is 4.74 Å². The molecular weight excluding hydrogens is 288 g/mol. The SMILES string of the molecule is COc1ccccc1NC1CCN(Cc2ccccc2)CC1O. The molecule has 1 aliphatic rings. The standard InChI is InChI=1S/C19H24N2O2/c1-23-19-10-6-5-9-17(19)20-16-11-12-21(14-18(16)22)13-15-7-3-2-4-8-15/h2-10,16,18,20,22H,11-14H2,1H3. The van der Waals surface area contributed by atoms with Gasteiger partial charge in [-0.2, -0.15) is 0 Å². The van der Waals surface area contributed by atoms with Gasteiger partial charge in [-0.25, -0.2) is 0 Å². The van der Waals surface area contributed by atoms with E-state index < -0.39 is 6.10 Å². The summed E-state index contributed by atoms with van der Waals surface area (Å²) >= 11 is 0. The van der Waals surface area contributed by atoms with Crippen LogP contribution in [0.5, 0.6) is 5.75 Å².